The van der Waals surface area contributed by atoms with E-state index in [0.717, 1.165) is 0 Å². The van der Waals surface area contributed by atoms with Crippen molar-refractivity contribution in [2.45, 2.75) is 24.3 Å². The Labute approximate surface area is 90.0 Å². The van der Waals surface area contributed by atoms with Crippen LogP contribution in [0.3, 0.4) is 0 Å². The highest BCUT2D eigenvalue weighted by atomic mass is 32.2. The van der Waals surface area contributed by atoms with Crippen molar-refractivity contribution in [2.75, 3.05) is 6.61 Å². The minimum Gasteiger partial charge on any atom is -0.395 e. The fraction of sp³-hybridized carbons (Fsp3) is 0.400. The number of benzene rings is 1. The van der Waals surface area contributed by atoms with Crippen molar-refractivity contribution in [3.63, 3.8) is 0 Å². The fourth-order valence-electron chi connectivity index (χ4n) is 1.14. The zero-order chi connectivity index (χ0) is 11.3. The minimum absolute atomic E-state index is 0.192. The van der Waals surface area contributed by atoms with Crippen LogP contribution in [-0.2, 0) is 10.0 Å². The summed E-state index contributed by atoms with van der Waals surface area (Å²) < 4.78 is 25.9. The maximum absolute atomic E-state index is 11.7. The number of sulfonamides is 1. The van der Waals surface area contributed by atoms with E-state index in [0.29, 0.717) is 6.42 Å². The van der Waals surface area contributed by atoms with Crippen molar-refractivity contribution in [1.29, 1.82) is 0 Å². The summed E-state index contributed by atoms with van der Waals surface area (Å²) in [6.07, 6.45) is 0.558. The lowest BCUT2D eigenvalue weighted by Gasteiger charge is -2.14. The van der Waals surface area contributed by atoms with Gasteiger partial charge in [0.05, 0.1) is 11.5 Å². The molecule has 5 heteroatoms. The average Bonchev–Trinajstić information content (AvgIpc) is 2.27. The summed E-state index contributed by atoms with van der Waals surface area (Å²) in [4.78, 5) is 0.219. The van der Waals surface area contributed by atoms with Crippen LogP contribution in [0.4, 0.5) is 0 Å². The molecule has 1 aromatic carbocycles. The third-order valence-electron chi connectivity index (χ3n) is 2.09. The molecule has 4 nitrogen and oxygen atoms in total. The molecule has 0 amide bonds. The van der Waals surface area contributed by atoms with Gasteiger partial charge in [-0.05, 0) is 18.6 Å². The molecule has 0 heterocycles. The van der Waals surface area contributed by atoms with E-state index in [-0.39, 0.29) is 11.5 Å². The maximum atomic E-state index is 11.7. The molecular weight excluding hydrogens is 214 g/mol. The molecule has 0 aliphatic carbocycles. The molecule has 0 saturated carbocycles. The number of hydrogen-bond acceptors (Lipinski definition) is 3. The molecular formula is C10H15NO3S. The molecule has 0 unspecified atom stereocenters. The number of nitrogens with one attached hydrogen (secondary N) is 1. The predicted octanol–water partition coefficient (Wildman–Crippen LogP) is 0.736. The van der Waals surface area contributed by atoms with Crippen molar-refractivity contribution < 1.29 is 13.5 Å². The lowest BCUT2D eigenvalue weighted by Crippen LogP contribution is -2.36. The number of rotatable bonds is 5. The van der Waals surface area contributed by atoms with Crippen LogP contribution in [0, 0.1) is 0 Å². The van der Waals surface area contributed by atoms with Gasteiger partial charge in [-0.3, -0.25) is 0 Å². The third kappa shape index (κ3) is 3.30. The Morgan fingerprint density at radius 3 is 2.40 bits per heavy atom. The second kappa shape index (κ2) is 5.25. The second-order valence-electron chi connectivity index (χ2n) is 3.22. The highest BCUT2D eigenvalue weighted by Gasteiger charge is 2.17. The first-order chi connectivity index (χ1) is 7.10. The summed E-state index contributed by atoms with van der Waals surface area (Å²) in [5.41, 5.74) is 0. The summed E-state index contributed by atoms with van der Waals surface area (Å²) >= 11 is 0. The van der Waals surface area contributed by atoms with Crippen molar-refractivity contribution in [1.82, 2.24) is 4.72 Å². The summed E-state index contributed by atoms with van der Waals surface area (Å²) in [6, 6.07) is 7.69. The van der Waals surface area contributed by atoms with Crippen LogP contribution in [0.1, 0.15) is 13.3 Å². The van der Waals surface area contributed by atoms with E-state index < -0.39 is 16.1 Å². The van der Waals surface area contributed by atoms with E-state index in [1.54, 1.807) is 18.2 Å². The van der Waals surface area contributed by atoms with Crippen molar-refractivity contribution in [3.8, 4) is 0 Å². The molecule has 0 radical (unpaired) electrons. The van der Waals surface area contributed by atoms with Gasteiger partial charge in [-0.15, -0.1) is 0 Å². The summed E-state index contributed by atoms with van der Waals surface area (Å²) in [7, 11) is -3.49. The first-order valence-electron chi connectivity index (χ1n) is 4.78. The highest BCUT2D eigenvalue weighted by Crippen LogP contribution is 2.08. The van der Waals surface area contributed by atoms with Gasteiger partial charge in [-0.25, -0.2) is 13.1 Å². The molecule has 0 bridgehead atoms. The SMILES string of the molecule is CC[C@H](CO)NS(=O)(=O)c1ccccc1. The monoisotopic (exact) mass is 229 g/mol. The third-order valence-corrected chi connectivity index (χ3v) is 3.62. The quantitative estimate of drug-likeness (QED) is 0.782. The standard InChI is InChI=1S/C10H15NO3S/c1-2-9(8-12)11-15(13,14)10-6-4-3-5-7-10/h3-7,9,11-12H,2,8H2,1H3/t9-/m1/s1. The topological polar surface area (TPSA) is 66.4 Å². The molecule has 1 rings (SSSR count). The molecule has 0 spiro atoms. The van der Waals surface area contributed by atoms with E-state index in [2.05, 4.69) is 4.72 Å². The van der Waals surface area contributed by atoms with Gasteiger partial charge in [0.25, 0.3) is 0 Å². The lowest BCUT2D eigenvalue weighted by atomic mass is 10.3. The maximum Gasteiger partial charge on any atom is 0.240 e. The van der Waals surface area contributed by atoms with E-state index in [4.69, 9.17) is 5.11 Å². The molecule has 1 aromatic rings. The molecule has 2 N–H and O–H groups in total. The first-order valence-corrected chi connectivity index (χ1v) is 6.26. The number of hydrogen-bond donors (Lipinski definition) is 2. The van der Waals surface area contributed by atoms with Gasteiger partial charge in [0, 0.05) is 6.04 Å². The number of aliphatic hydroxyl groups excluding tert-OH is 1. The van der Waals surface area contributed by atoms with Gasteiger partial charge in [0.1, 0.15) is 0 Å². The van der Waals surface area contributed by atoms with E-state index in [9.17, 15) is 8.42 Å². The molecule has 1 atom stereocenters. The van der Waals surface area contributed by atoms with Crippen molar-refractivity contribution in [2.24, 2.45) is 0 Å². The molecule has 0 saturated heterocycles. The molecule has 0 aliphatic rings. The van der Waals surface area contributed by atoms with Crippen molar-refractivity contribution in [3.05, 3.63) is 30.3 Å². The van der Waals surface area contributed by atoms with Crippen LogP contribution in [0.5, 0.6) is 0 Å². The van der Waals surface area contributed by atoms with E-state index >= 15 is 0 Å². The second-order valence-corrected chi connectivity index (χ2v) is 4.94. The normalized spacial score (nSPS) is 13.7. The Morgan fingerprint density at radius 2 is 1.93 bits per heavy atom. The van der Waals surface area contributed by atoms with Gasteiger partial charge in [0.15, 0.2) is 0 Å². The van der Waals surface area contributed by atoms with Crippen LogP contribution < -0.4 is 4.72 Å². The lowest BCUT2D eigenvalue weighted by molar-refractivity contribution is 0.254. The van der Waals surface area contributed by atoms with Gasteiger partial charge in [-0.2, -0.15) is 0 Å². The van der Waals surface area contributed by atoms with Gasteiger partial charge >= 0.3 is 0 Å². The first kappa shape index (κ1) is 12.2. The minimum atomic E-state index is -3.49. The molecule has 15 heavy (non-hydrogen) atoms. The molecule has 84 valence electrons. The Morgan fingerprint density at radius 1 is 1.33 bits per heavy atom. The van der Waals surface area contributed by atoms with Gasteiger partial charge < -0.3 is 5.11 Å². The van der Waals surface area contributed by atoms with Crippen LogP contribution in [-0.4, -0.2) is 26.2 Å². The average molecular weight is 229 g/mol. The zero-order valence-corrected chi connectivity index (χ0v) is 9.37. The number of aliphatic hydroxyl groups is 1. The van der Waals surface area contributed by atoms with Gasteiger partial charge in [-0.1, -0.05) is 25.1 Å². The van der Waals surface area contributed by atoms with E-state index in [1.807, 2.05) is 6.92 Å². The summed E-state index contributed by atoms with van der Waals surface area (Å²) in [5.74, 6) is 0. The largest absolute Gasteiger partial charge is 0.395 e. The molecule has 0 fully saturated rings. The van der Waals surface area contributed by atoms with Gasteiger partial charge in [0.2, 0.25) is 10.0 Å². The predicted molar refractivity (Wildman–Crippen MR) is 57.9 cm³/mol. The van der Waals surface area contributed by atoms with Crippen LogP contribution in [0.15, 0.2) is 35.2 Å². The Hall–Kier alpha value is -0.910. The molecule has 0 aliphatic heterocycles. The summed E-state index contributed by atoms with van der Waals surface area (Å²) in [5, 5.41) is 8.91. The fourth-order valence-corrected chi connectivity index (χ4v) is 2.47. The van der Waals surface area contributed by atoms with Crippen molar-refractivity contribution >= 4 is 10.0 Å². The smallest absolute Gasteiger partial charge is 0.240 e. The van der Waals surface area contributed by atoms with Crippen LogP contribution in [0.2, 0.25) is 0 Å². The Bertz CT molecular complexity index is 384. The summed E-state index contributed by atoms with van der Waals surface area (Å²) in [6.45, 7) is 1.62. The highest BCUT2D eigenvalue weighted by molar-refractivity contribution is 7.89. The molecule has 0 aromatic heterocycles. The Kier molecular flexibility index (Phi) is 4.26. The van der Waals surface area contributed by atoms with E-state index in [1.165, 1.54) is 12.1 Å². The van der Waals surface area contributed by atoms with Crippen LogP contribution >= 0.6 is 0 Å². The zero-order valence-electron chi connectivity index (χ0n) is 8.55. The Balaban J connectivity index is 2.85. The van der Waals surface area contributed by atoms with Crippen LogP contribution in [0.25, 0.3) is 0 Å².